The molecule has 0 spiro atoms. The number of ketones is 3. The minimum absolute atomic E-state index is 0. The van der Waals surface area contributed by atoms with Gasteiger partial charge in [-0.1, -0.05) is 17.7 Å². The molecule has 1 saturated heterocycles. The van der Waals surface area contributed by atoms with Crippen molar-refractivity contribution in [3.63, 3.8) is 0 Å². The molecule has 3 aromatic rings. The van der Waals surface area contributed by atoms with Crippen LogP contribution in [0.25, 0.3) is 0 Å². The molecule has 1 aromatic heterocycles. The van der Waals surface area contributed by atoms with Crippen LogP contribution < -0.4 is 37.4 Å². The van der Waals surface area contributed by atoms with Gasteiger partial charge in [-0.25, -0.2) is 0 Å². The number of carbonyl (C=O) groups excluding carboxylic acids is 5. The summed E-state index contributed by atoms with van der Waals surface area (Å²) in [5.41, 5.74) is 1.78. The first kappa shape index (κ1) is 74.6. The number of benzene rings is 1. The third kappa shape index (κ3) is 26.9. The molecule has 28 heteroatoms. The first-order valence-electron chi connectivity index (χ1n) is 26.1. The van der Waals surface area contributed by atoms with Crippen LogP contribution in [0.3, 0.4) is 0 Å². The van der Waals surface area contributed by atoms with Crippen molar-refractivity contribution < 1.29 is 104 Å². The zero-order valence-corrected chi connectivity index (χ0v) is 49.3. The summed E-state index contributed by atoms with van der Waals surface area (Å²) in [4.78, 5) is 127. The van der Waals surface area contributed by atoms with Crippen LogP contribution in [0.4, 0.5) is 34.9 Å². The SMILES string of the molecule is CC(=O)CCC(C=O)N1CCN(C(CCC(C)=O)C(=O)O)CCN(C(C)C=O)CCN(C(CCC(C)=O)C(=O)O)CC1.CCNc1c(NCCOCCOCCNc2nc(NC)nc(Nc3ccc(C)cc3)n2)c(=O)c1=O.O.O.[Gd+3]. The van der Waals surface area contributed by atoms with Crippen molar-refractivity contribution in [1.29, 1.82) is 0 Å². The maximum atomic E-state index is 12.3. The fraction of sp³-hybridized carbons (Fsp3) is 0.615. The number of carboxylic acid groups (broad SMARTS) is 2. The van der Waals surface area contributed by atoms with Crippen molar-refractivity contribution >= 4 is 76.8 Å². The average molecular weight is 1270 g/mol. The number of aldehydes is 2. The van der Waals surface area contributed by atoms with Crippen LogP contribution in [0.2, 0.25) is 0 Å². The van der Waals surface area contributed by atoms with E-state index in [0.717, 1.165) is 18.3 Å². The Morgan fingerprint density at radius 3 is 1.48 bits per heavy atom. The van der Waals surface area contributed by atoms with E-state index >= 15 is 0 Å². The van der Waals surface area contributed by atoms with Crippen LogP contribution in [0, 0.1) is 46.9 Å². The first-order valence-corrected chi connectivity index (χ1v) is 26.1. The molecule has 2 heterocycles. The van der Waals surface area contributed by atoms with E-state index in [1.54, 1.807) is 23.8 Å². The van der Waals surface area contributed by atoms with Crippen molar-refractivity contribution in [2.75, 3.05) is 132 Å². The number of aliphatic carboxylic acids is 2. The fourth-order valence-electron chi connectivity index (χ4n) is 8.31. The van der Waals surface area contributed by atoms with Crippen molar-refractivity contribution in [2.45, 2.75) is 104 Å². The van der Waals surface area contributed by atoms with Crippen LogP contribution in [0.1, 0.15) is 78.7 Å². The molecule has 1 aliphatic rings. The molecule has 0 saturated carbocycles. The summed E-state index contributed by atoms with van der Waals surface area (Å²) in [6.45, 7) is 15.1. The average Bonchev–Trinajstić information content (AvgIpc) is 3.39. The van der Waals surface area contributed by atoms with E-state index in [1.807, 2.05) is 47.9 Å². The van der Waals surface area contributed by atoms with E-state index in [-0.39, 0.29) is 146 Å². The van der Waals surface area contributed by atoms with Crippen molar-refractivity contribution in [1.82, 2.24) is 34.6 Å². The molecule has 1 fully saturated rings. The summed E-state index contributed by atoms with van der Waals surface area (Å²) in [5.74, 6) is -1.17. The molecule has 0 bridgehead atoms. The van der Waals surface area contributed by atoms with Crippen LogP contribution in [-0.4, -0.2) is 227 Å². The number of aromatic nitrogens is 3. The molecule has 0 amide bonds. The number of rotatable bonds is 33. The summed E-state index contributed by atoms with van der Waals surface area (Å²) in [6.07, 6.45) is 2.38. The number of aryl methyl sites for hydroxylation is 1. The van der Waals surface area contributed by atoms with Gasteiger partial charge < -0.3 is 81.2 Å². The Labute approximate surface area is 499 Å². The predicted molar refractivity (Wildman–Crippen MR) is 299 cm³/mol. The first-order chi connectivity index (χ1) is 36.8. The number of hydrogen-bond acceptors (Lipinski definition) is 23. The largest absolute Gasteiger partial charge is 3.00 e. The molecule has 2 aromatic carbocycles. The zero-order valence-electron chi connectivity index (χ0n) is 47.0. The number of carbonyl (C=O) groups is 7. The van der Waals surface area contributed by atoms with Crippen molar-refractivity contribution in [3.8, 4) is 0 Å². The van der Waals surface area contributed by atoms with E-state index < -0.39 is 47.0 Å². The maximum absolute atomic E-state index is 12.3. The molecule has 4 rings (SSSR count). The topological polar surface area (TPSA) is 387 Å². The number of Topliss-reactive ketones (excluding diaryl/α,β-unsaturated/α-hetero) is 3. The zero-order chi connectivity index (χ0) is 56.9. The summed E-state index contributed by atoms with van der Waals surface area (Å²) in [5, 5.41) is 35.1. The van der Waals surface area contributed by atoms with E-state index in [4.69, 9.17) is 9.47 Å². The Morgan fingerprint density at radius 2 is 1.04 bits per heavy atom. The maximum Gasteiger partial charge on any atom is 3.00 e. The van der Waals surface area contributed by atoms with Gasteiger partial charge in [0.25, 0.3) is 10.9 Å². The second-order valence-corrected chi connectivity index (χ2v) is 18.7. The van der Waals surface area contributed by atoms with Crippen LogP contribution >= 0.6 is 0 Å². The van der Waals surface area contributed by atoms with Gasteiger partial charge in [0.2, 0.25) is 17.8 Å². The molecule has 27 nitrogen and oxygen atoms in total. The number of hydrogen-bond donors (Lipinski definition) is 7. The standard InChI is InChI=1S/C29H48N4O9.C23H32N8O4.Gd.2H2O/c1-21(19-34)30-11-15-32(26(28(39)40)9-6-23(3)37)17-13-31(25(20-35)8-5-22(2)36)14-18-33(16-12-30)27(29(41)42)10-7-24(4)38;1-4-25-17-18(20(33)19(17)32)26-9-11-34-13-14-35-12-10-27-22-29-21(24-3)30-23(31-22)28-16-7-5-15(2)6-8-16;;;/h19-21,25-27H,5-18H2,1-4H3,(H,39,40)(H,41,42);5-8,25-26H,4,9-14H2,1-3H3,(H3,24,27,28,29,30,31);;2*1H2/q;;+3;;. The van der Waals surface area contributed by atoms with Gasteiger partial charge in [0.1, 0.15) is 53.4 Å². The third-order valence-electron chi connectivity index (χ3n) is 12.8. The monoisotopic (exact) mass is 1270 g/mol. The van der Waals surface area contributed by atoms with Gasteiger partial charge in [-0.3, -0.25) is 38.8 Å². The van der Waals surface area contributed by atoms with Crippen LogP contribution in [0.5, 0.6) is 0 Å². The van der Waals surface area contributed by atoms with Crippen LogP contribution in [-0.2, 0) is 43.0 Å². The number of ether oxygens (including phenoxy) is 2. The van der Waals surface area contributed by atoms with Crippen LogP contribution in [0.15, 0.2) is 33.9 Å². The summed E-state index contributed by atoms with van der Waals surface area (Å²) in [7, 11) is 1.74. The molecule has 0 aliphatic carbocycles. The van der Waals surface area contributed by atoms with E-state index in [0.29, 0.717) is 88.4 Å². The molecule has 11 N–H and O–H groups in total. The van der Waals surface area contributed by atoms with Crippen molar-refractivity contribution in [3.05, 3.63) is 50.3 Å². The minimum Gasteiger partial charge on any atom is -0.480 e. The quantitative estimate of drug-likeness (QED) is 0.0245. The van der Waals surface area contributed by atoms with Gasteiger partial charge in [0.15, 0.2) is 0 Å². The van der Waals surface area contributed by atoms with Gasteiger partial charge in [-0.15, -0.1) is 0 Å². The van der Waals surface area contributed by atoms with Gasteiger partial charge in [-0.05, 0) is 72.9 Å². The molecular formula is C52H84GdN12O15+3. The molecule has 4 unspecified atom stereocenters. The number of anilines is 6. The van der Waals surface area contributed by atoms with Gasteiger partial charge in [0, 0.05) is 104 Å². The predicted octanol–water partition coefficient (Wildman–Crippen LogP) is 0.278. The minimum atomic E-state index is -1.07. The second kappa shape index (κ2) is 40.7. The molecule has 447 valence electrons. The third-order valence-corrected chi connectivity index (χ3v) is 12.8. The summed E-state index contributed by atoms with van der Waals surface area (Å²) in [6, 6.07) is 4.86. The summed E-state index contributed by atoms with van der Waals surface area (Å²) < 4.78 is 11.0. The van der Waals surface area contributed by atoms with E-state index in [1.165, 1.54) is 26.3 Å². The van der Waals surface area contributed by atoms with Gasteiger partial charge >= 0.3 is 51.9 Å². The Morgan fingerprint density at radius 1 is 0.613 bits per heavy atom. The number of nitrogens with zero attached hydrogens (tertiary/aromatic N) is 7. The molecule has 80 heavy (non-hydrogen) atoms. The van der Waals surface area contributed by atoms with E-state index in [2.05, 4.69) is 41.5 Å². The number of nitrogens with one attached hydrogen (secondary N) is 5. The Kier molecular flexibility index (Phi) is 38.0. The van der Waals surface area contributed by atoms with E-state index in [9.17, 15) is 53.4 Å². The van der Waals surface area contributed by atoms with Gasteiger partial charge in [0.05, 0.1) is 38.5 Å². The Bertz CT molecular complexity index is 2380. The molecule has 1 radical (unpaired) electrons. The number of carboxylic acids is 2. The fourth-order valence-corrected chi connectivity index (χ4v) is 8.31. The summed E-state index contributed by atoms with van der Waals surface area (Å²) >= 11 is 0. The van der Waals surface area contributed by atoms with Gasteiger partial charge in [-0.2, -0.15) is 15.0 Å². The Balaban J connectivity index is 0.00000152. The smallest absolute Gasteiger partial charge is 0.480 e. The normalized spacial score (nSPS) is 15.1. The van der Waals surface area contributed by atoms with Crippen molar-refractivity contribution in [2.24, 2.45) is 0 Å². The molecule has 4 atom stereocenters. The second-order valence-electron chi connectivity index (χ2n) is 18.7. The Hall–Kier alpha value is -5.40. The molecular weight excluding hydrogens is 1190 g/mol. The molecule has 1 aliphatic heterocycles.